The summed E-state index contributed by atoms with van der Waals surface area (Å²) in [5.74, 6) is 1.46. The SMILES string of the molecule is Cc1cc(CC[C@H]2CCCN2C(=O)c2ccc3c(c2)OCO3)ccn1. The number of carbonyl (C=O) groups excluding carboxylic acids is 1. The van der Waals surface area contributed by atoms with Crippen LogP contribution in [0.1, 0.15) is 40.9 Å². The molecule has 0 unspecified atom stereocenters. The van der Waals surface area contributed by atoms with Crippen LogP contribution in [0.2, 0.25) is 0 Å². The molecule has 2 aliphatic heterocycles. The number of aryl methyl sites for hydroxylation is 2. The molecule has 0 aliphatic carbocycles. The highest BCUT2D eigenvalue weighted by Crippen LogP contribution is 2.33. The number of carbonyl (C=O) groups is 1. The van der Waals surface area contributed by atoms with Crippen molar-refractivity contribution in [2.45, 2.75) is 38.6 Å². The van der Waals surface area contributed by atoms with Crippen molar-refractivity contribution in [2.24, 2.45) is 0 Å². The van der Waals surface area contributed by atoms with E-state index in [1.165, 1.54) is 5.56 Å². The topological polar surface area (TPSA) is 51.7 Å². The number of benzene rings is 1. The normalized spacial score (nSPS) is 18.6. The molecule has 0 spiro atoms. The van der Waals surface area contributed by atoms with Crippen LogP contribution in [0.3, 0.4) is 0 Å². The molecule has 2 aliphatic rings. The number of pyridine rings is 1. The van der Waals surface area contributed by atoms with E-state index in [1.807, 2.05) is 30.2 Å². The van der Waals surface area contributed by atoms with E-state index in [0.717, 1.165) is 37.9 Å². The Morgan fingerprint density at radius 2 is 2.12 bits per heavy atom. The van der Waals surface area contributed by atoms with E-state index in [4.69, 9.17) is 9.47 Å². The van der Waals surface area contributed by atoms with Crippen LogP contribution in [0.4, 0.5) is 0 Å². The fraction of sp³-hybridized carbons (Fsp3) is 0.400. The van der Waals surface area contributed by atoms with Crippen LogP contribution in [0, 0.1) is 6.92 Å². The molecule has 1 saturated heterocycles. The van der Waals surface area contributed by atoms with E-state index in [-0.39, 0.29) is 12.7 Å². The highest BCUT2D eigenvalue weighted by Gasteiger charge is 2.30. The number of ether oxygens (including phenoxy) is 2. The molecule has 1 aromatic carbocycles. The molecule has 1 amide bonds. The molecule has 25 heavy (non-hydrogen) atoms. The van der Waals surface area contributed by atoms with Gasteiger partial charge in [-0.3, -0.25) is 9.78 Å². The van der Waals surface area contributed by atoms with E-state index in [1.54, 1.807) is 6.07 Å². The van der Waals surface area contributed by atoms with Crippen molar-refractivity contribution in [1.82, 2.24) is 9.88 Å². The maximum atomic E-state index is 12.9. The van der Waals surface area contributed by atoms with Gasteiger partial charge in [0.05, 0.1) is 0 Å². The second kappa shape index (κ2) is 6.75. The molecule has 1 atom stereocenters. The largest absolute Gasteiger partial charge is 0.454 e. The third-order valence-corrected chi connectivity index (χ3v) is 4.98. The second-order valence-electron chi connectivity index (χ2n) is 6.71. The van der Waals surface area contributed by atoms with Crippen LogP contribution in [-0.2, 0) is 6.42 Å². The van der Waals surface area contributed by atoms with Gasteiger partial charge in [0, 0.05) is 30.0 Å². The van der Waals surface area contributed by atoms with Crippen molar-refractivity contribution < 1.29 is 14.3 Å². The number of hydrogen-bond donors (Lipinski definition) is 0. The van der Waals surface area contributed by atoms with E-state index in [0.29, 0.717) is 23.1 Å². The zero-order chi connectivity index (χ0) is 17.2. The fourth-order valence-corrected chi connectivity index (χ4v) is 3.69. The molecule has 130 valence electrons. The summed E-state index contributed by atoms with van der Waals surface area (Å²) in [6.45, 7) is 3.06. The lowest BCUT2D eigenvalue weighted by Crippen LogP contribution is -2.35. The lowest BCUT2D eigenvalue weighted by atomic mass is 10.0. The first-order valence-electron chi connectivity index (χ1n) is 8.83. The predicted octanol–water partition coefficient (Wildman–Crippen LogP) is 3.36. The van der Waals surface area contributed by atoms with Crippen molar-refractivity contribution in [3.05, 3.63) is 53.3 Å². The Hall–Kier alpha value is -2.56. The average molecular weight is 338 g/mol. The molecule has 0 N–H and O–H groups in total. The van der Waals surface area contributed by atoms with Crippen molar-refractivity contribution in [3.63, 3.8) is 0 Å². The number of rotatable bonds is 4. The predicted molar refractivity (Wildman–Crippen MR) is 93.9 cm³/mol. The van der Waals surface area contributed by atoms with Gasteiger partial charge in [-0.15, -0.1) is 0 Å². The molecular weight excluding hydrogens is 316 g/mol. The number of nitrogens with zero attached hydrogens (tertiary/aromatic N) is 2. The van der Waals surface area contributed by atoms with Crippen molar-refractivity contribution in [2.75, 3.05) is 13.3 Å². The lowest BCUT2D eigenvalue weighted by Gasteiger charge is -2.25. The van der Waals surface area contributed by atoms with Gasteiger partial charge < -0.3 is 14.4 Å². The van der Waals surface area contributed by atoms with Crippen molar-refractivity contribution in [1.29, 1.82) is 0 Å². The van der Waals surface area contributed by atoms with Gasteiger partial charge in [-0.25, -0.2) is 0 Å². The quantitative estimate of drug-likeness (QED) is 0.858. The summed E-state index contributed by atoms with van der Waals surface area (Å²) in [5, 5.41) is 0. The molecule has 0 radical (unpaired) electrons. The van der Waals surface area contributed by atoms with Gasteiger partial charge in [0.2, 0.25) is 6.79 Å². The summed E-state index contributed by atoms with van der Waals surface area (Å²) < 4.78 is 10.7. The standard InChI is InChI=1S/C20H22N2O3/c1-14-11-15(8-9-21-14)4-6-17-3-2-10-22(17)20(23)16-5-7-18-19(12-16)25-13-24-18/h5,7-9,11-12,17H,2-4,6,10,13H2,1H3/t17-/m1/s1. The van der Waals surface area contributed by atoms with Crippen molar-refractivity contribution in [3.8, 4) is 11.5 Å². The number of amides is 1. The highest BCUT2D eigenvalue weighted by molar-refractivity contribution is 5.95. The minimum absolute atomic E-state index is 0.0895. The van der Waals surface area contributed by atoms with Gasteiger partial charge in [0.1, 0.15) is 0 Å². The van der Waals surface area contributed by atoms with Crippen LogP contribution < -0.4 is 9.47 Å². The van der Waals surface area contributed by atoms with Crippen LogP contribution in [0.5, 0.6) is 11.5 Å². The minimum Gasteiger partial charge on any atom is -0.454 e. The van der Waals surface area contributed by atoms with E-state index in [9.17, 15) is 4.79 Å². The van der Waals surface area contributed by atoms with Crippen molar-refractivity contribution >= 4 is 5.91 Å². The van der Waals surface area contributed by atoms with Gasteiger partial charge in [-0.1, -0.05) is 0 Å². The summed E-state index contributed by atoms with van der Waals surface area (Å²) in [6.07, 6.45) is 5.95. The summed E-state index contributed by atoms with van der Waals surface area (Å²) >= 11 is 0. The van der Waals surface area contributed by atoms with E-state index in [2.05, 4.69) is 17.1 Å². The average Bonchev–Trinajstić information content (AvgIpc) is 3.27. The smallest absolute Gasteiger partial charge is 0.254 e. The fourth-order valence-electron chi connectivity index (χ4n) is 3.69. The number of hydrogen-bond acceptors (Lipinski definition) is 4. The highest BCUT2D eigenvalue weighted by atomic mass is 16.7. The second-order valence-corrected chi connectivity index (χ2v) is 6.71. The Bertz CT molecular complexity index is 790. The third-order valence-electron chi connectivity index (χ3n) is 4.98. The zero-order valence-corrected chi connectivity index (χ0v) is 14.4. The van der Waals surface area contributed by atoms with E-state index >= 15 is 0 Å². The van der Waals surface area contributed by atoms with Gasteiger partial charge in [0.25, 0.3) is 5.91 Å². The molecule has 1 fully saturated rings. The monoisotopic (exact) mass is 338 g/mol. The third kappa shape index (κ3) is 3.31. The Labute approximate surface area is 147 Å². The Kier molecular flexibility index (Phi) is 4.30. The van der Waals surface area contributed by atoms with Crippen LogP contribution in [0.25, 0.3) is 0 Å². The van der Waals surface area contributed by atoms with E-state index < -0.39 is 0 Å². The van der Waals surface area contributed by atoms with Crippen LogP contribution in [0.15, 0.2) is 36.5 Å². The first kappa shape index (κ1) is 15.9. The molecule has 1 aromatic heterocycles. The Morgan fingerprint density at radius 3 is 3.00 bits per heavy atom. The minimum atomic E-state index is 0.0895. The summed E-state index contributed by atoms with van der Waals surface area (Å²) in [5.41, 5.74) is 3.00. The maximum absolute atomic E-state index is 12.9. The van der Waals surface area contributed by atoms with Gasteiger partial charge in [0.15, 0.2) is 11.5 Å². The summed E-state index contributed by atoms with van der Waals surface area (Å²) in [7, 11) is 0. The molecule has 4 rings (SSSR count). The molecule has 5 heteroatoms. The molecule has 0 saturated carbocycles. The van der Waals surface area contributed by atoms with Crippen LogP contribution in [-0.4, -0.2) is 35.2 Å². The van der Waals surface area contributed by atoms with Gasteiger partial charge in [-0.2, -0.15) is 0 Å². The molecule has 3 heterocycles. The van der Waals surface area contributed by atoms with Gasteiger partial charge in [-0.05, 0) is 68.5 Å². The molecular formula is C20H22N2O3. The lowest BCUT2D eigenvalue weighted by molar-refractivity contribution is 0.0730. The number of aromatic nitrogens is 1. The Morgan fingerprint density at radius 1 is 1.24 bits per heavy atom. The Balaban J connectivity index is 1.44. The first-order chi connectivity index (χ1) is 12.2. The molecule has 2 aromatic rings. The molecule has 5 nitrogen and oxygen atoms in total. The zero-order valence-electron chi connectivity index (χ0n) is 14.4. The number of fused-ring (bicyclic) bond motifs is 1. The maximum Gasteiger partial charge on any atom is 0.254 e. The van der Waals surface area contributed by atoms with Gasteiger partial charge >= 0.3 is 0 Å². The van der Waals surface area contributed by atoms with Crippen LogP contribution >= 0.6 is 0 Å². The summed E-state index contributed by atoms with van der Waals surface area (Å²) in [4.78, 5) is 19.2. The molecule has 0 bridgehead atoms. The first-order valence-corrected chi connectivity index (χ1v) is 8.83. The number of likely N-dealkylation sites (tertiary alicyclic amines) is 1. The summed E-state index contributed by atoms with van der Waals surface area (Å²) in [6, 6.07) is 9.93.